The number of nitrogens with one attached hydrogen (secondary N) is 2. The van der Waals surface area contributed by atoms with Gasteiger partial charge in [-0.05, 0) is 30.7 Å². The van der Waals surface area contributed by atoms with E-state index in [1.54, 1.807) is 0 Å². The highest BCUT2D eigenvalue weighted by Gasteiger charge is 2.15. The van der Waals surface area contributed by atoms with E-state index in [0.29, 0.717) is 30.6 Å². The number of nitrogens with zero attached hydrogens (tertiary/aromatic N) is 1. The molecule has 0 aliphatic rings. The van der Waals surface area contributed by atoms with Gasteiger partial charge in [0.25, 0.3) is 0 Å². The number of nitrogens with two attached hydrogens (primary N) is 1. The van der Waals surface area contributed by atoms with Crippen molar-refractivity contribution in [2.75, 3.05) is 11.9 Å². The summed E-state index contributed by atoms with van der Waals surface area (Å²) in [6.45, 7) is 8.98. The van der Waals surface area contributed by atoms with Crippen molar-refractivity contribution < 1.29 is 4.79 Å². The Labute approximate surface area is 115 Å². The van der Waals surface area contributed by atoms with Gasteiger partial charge in [0, 0.05) is 18.2 Å². The number of rotatable bonds is 7. The van der Waals surface area contributed by atoms with Gasteiger partial charge < -0.3 is 11.1 Å². The summed E-state index contributed by atoms with van der Waals surface area (Å²) in [6, 6.07) is 1.88. The molecule has 1 aromatic rings. The Morgan fingerprint density at radius 1 is 1.42 bits per heavy atom. The van der Waals surface area contributed by atoms with Crippen molar-refractivity contribution in [3.63, 3.8) is 0 Å². The molecule has 0 aliphatic carbocycles. The molecule has 0 aliphatic heterocycles. The van der Waals surface area contributed by atoms with Crippen LogP contribution < -0.4 is 11.1 Å². The molecule has 0 bridgehead atoms. The third kappa shape index (κ3) is 5.42. The Balaban J connectivity index is 2.49. The molecule has 5 heteroatoms. The zero-order valence-corrected chi connectivity index (χ0v) is 12.4. The summed E-state index contributed by atoms with van der Waals surface area (Å²) in [6.07, 6.45) is 1.43. The molecule has 108 valence electrons. The molecule has 0 saturated heterocycles. The number of aromatic amines is 1. The SMILES string of the molecule is CC(C)C[C@H](CN)CC(=O)Nc1cc(C(C)C)[nH]n1. The van der Waals surface area contributed by atoms with Crippen LogP contribution in [0.4, 0.5) is 5.82 Å². The summed E-state index contributed by atoms with van der Waals surface area (Å²) in [4.78, 5) is 11.9. The number of carbonyl (C=O) groups is 1. The summed E-state index contributed by atoms with van der Waals surface area (Å²) in [5.41, 5.74) is 6.73. The van der Waals surface area contributed by atoms with E-state index in [0.717, 1.165) is 12.1 Å². The van der Waals surface area contributed by atoms with Crippen LogP contribution in [0.5, 0.6) is 0 Å². The molecule has 0 radical (unpaired) electrons. The zero-order chi connectivity index (χ0) is 14.4. The molecular weight excluding hydrogens is 240 g/mol. The molecule has 0 unspecified atom stereocenters. The Bertz CT molecular complexity index is 398. The van der Waals surface area contributed by atoms with Crippen LogP contribution in [-0.4, -0.2) is 22.6 Å². The lowest BCUT2D eigenvalue weighted by Gasteiger charge is -2.15. The average Bonchev–Trinajstić information content (AvgIpc) is 2.75. The van der Waals surface area contributed by atoms with Crippen molar-refractivity contribution in [1.29, 1.82) is 0 Å². The summed E-state index contributed by atoms with van der Waals surface area (Å²) in [5, 5.41) is 9.82. The van der Waals surface area contributed by atoms with E-state index >= 15 is 0 Å². The third-order valence-corrected chi connectivity index (χ3v) is 3.10. The first-order valence-electron chi connectivity index (χ1n) is 6.97. The number of hydrogen-bond acceptors (Lipinski definition) is 3. The monoisotopic (exact) mass is 266 g/mol. The summed E-state index contributed by atoms with van der Waals surface area (Å²) in [5.74, 6) is 1.74. The van der Waals surface area contributed by atoms with E-state index in [1.165, 1.54) is 0 Å². The maximum atomic E-state index is 11.9. The largest absolute Gasteiger partial charge is 0.330 e. The van der Waals surface area contributed by atoms with Gasteiger partial charge in [-0.25, -0.2) is 0 Å². The molecule has 5 nitrogen and oxygen atoms in total. The van der Waals surface area contributed by atoms with Gasteiger partial charge in [-0.1, -0.05) is 27.7 Å². The van der Waals surface area contributed by atoms with Crippen molar-refractivity contribution in [2.45, 2.75) is 46.5 Å². The van der Waals surface area contributed by atoms with Crippen LogP contribution in [0.25, 0.3) is 0 Å². The summed E-state index contributed by atoms with van der Waals surface area (Å²) in [7, 11) is 0. The van der Waals surface area contributed by atoms with Crippen molar-refractivity contribution in [3.05, 3.63) is 11.8 Å². The molecule has 1 rings (SSSR count). The normalized spacial score (nSPS) is 13.0. The van der Waals surface area contributed by atoms with Crippen molar-refractivity contribution >= 4 is 11.7 Å². The first-order valence-corrected chi connectivity index (χ1v) is 6.97. The van der Waals surface area contributed by atoms with Crippen LogP contribution in [0.1, 0.15) is 52.1 Å². The Morgan fingerprint density at radius 3 is 2.58 bits per heavy atom. The van der Waals surface area contributed by atoms with Gasteiger partial charge in [0.05, 0.1) is 0 Å². The lowest BCUT2D eigenvalue weighted by molar-refractivity contribution is -0.117. The molecule has 1 aromatic heterocycles. The zero-order valence-electron chi connectivity index (χ0n) is 12.4. The van der Waals surface area contributed by atoms with E-state index in [-0.39, 0.29) is 11.8 Å². The lowest BCUT2D eigenvalue weighted by Crippen LogP contribution is -2.23. The highest BCUT2D eigenvalue weighted by molar-refractivity contribution is 5.89. The molecule has 0 fully saturated rings. The number of hydrogen-bond donors (Lipinski definition) is 3. The molecule has 1 heterocycles. The Kier molecular flexibility index (Phi) is 6.02. The topological polar surface area (TPSA) is 83.8 Å². The van der Waals surface area contributed by atoms with Crippen LogP contribution in [-0.2, 0) is 4.79 Å². The van der Waals surface area contributed by atoms with Crippen LogP contribution in [0.15, 0.2) is 6.07 Å². The number of amides is 1. The molecule has 1 amide bonds. The molecule has 0 spiro atoms. The summed E-state index contributed by atoms with van der Waals surface area (Å²) >= 11 is 0. The predicted octanol–water partition coefficient (Wildman–Crippen LogP) is 2.48. The van der Waals surface area contributed by atoms with Crippen molar-refractivity contribution in [1.82, 2.24) is 10.2 Å². The van der Waals surface area contributed by atoms with Crippen LogP contribution >= 0.6 is 0 Å². The standard InChI is InChI=1S/C14H26N4O/c1-9(2)5-11(8-15)6-14(19)16-13-7-12(10(3)4)17-18-13/h7,9-11H,5-6,8,15H2,1-4H3,(H2,16,17,18,19)/t11-/m0/s1. The molecule has 0 saturated carbocycles. The van der Waals surface area contributed by atoms with Gasteiger partial charge in [-0.2, -0.15) is 5.10 Å². The third-order valence-electron chi connectivity index (χ3n) is 3.10. The highest BCUT2D eigenvalue weighted by atomic mass is 16.1. The Morgan fingerprint density at radius 2 is 2.11 bits per heavy atom. The van der Waals surface area contributed by atoms with E-state index in [4.69, 9.17) is 5.73 Å². The van der Waals surface area contributed by atoms with Crippen molar-refractivity contribution in [2.24, 2.45) is 17.6 Å². The van der Waals surface area contributed by atoms with Gasteiger partial charge >= 0.3 is 0 Å². The van der Waals surface area contributed by atoms with Gasteiger partial charge in [-0.15, -0.1) is 0 Å². The fraction of sp³-hybridized carbons (Fsp3) is 0.714. The van der Waals surface area contributed by atoms with E-state index in [2.05, 4.69) is 43.2 Å². The van der Waals surface area contributed by atoms with Gasteiger partial charge in [0.2, 0.25) is 5.91 Å². The number of anilines is 1. The van der Waals surface area contributed by atoms with Crippen molar-refractivity contribution in [3.8, 4) is 0 Å². The fourth-order valence-electron chi connectivity index (χ4n) is 2.08. The van der Waals surface area contributed by atoms with E-state index in [9.17, 15) is 4.79 Å². The molecular formula is C14H26N4O. The minimum absolute atomic E-state index is 0.0158. The van der Waals surface area contributed by atoms with E-state index < -0.39 is 0 Å². The second kappa shape index (κ2) is 7.28. The number of carbonyl (C=O) groups excluding carboxylic acids is 1. The second-order valence-electron chi connectivity index (χ2n) is 5.85. The number of H-pyrrole nitrogens is 1. The lowest BCUT2D eigenvalue weighted by atomic mass is 9.94. The van der Waals surface area contributed by atoms with Crippen LogP contribution in [0, 0.1) is 11.8 Å². The highest BCUT2D eigenvalue weighted by Crippen LogP contribution is 2.17. The fourth-order valence-corrected chi connectivity index (χ4v) is 2.08. The van der Waals surface area contributed by atoms with Gasteiger partial charge in [-0.3, -0.25) is 9.89 Å². The molecule has 0 aromatic carbocycles. The maximum Gasteiger partial charge on any atom is 0.225 e. The molecule has 4 N–H and O–H groups in total. The first-order chi connectivity index (χ1) is 8.92. The Hall–Kier alpha value is -1.36. The smallest absolute Gasteiger partial charge is 0.225 e. The van der Waals surface area contributed by atoms with Gasteiger partial charge in [0.1, 0.15) is 0 Å². The number of aromatic nitrogens is 2. The maximum absolute atomic E-state index is 11.9. The molecule has 19 heavy (non-hydrogen) atoms. The quantitative estimate of drug-likeness (QED) is 0.709. The van der Waals surface area contributed by atoms with Crippen LogP contribution in [0.2, 0.25) is 0 Å². The minimum Gasteiger partial charge on any atom is -0.330 e. The second-order valence-corrected chi connectivity index (χ2v) is 5.85. The predicted molar refractivity (Wildman–Crippen MR) is 77.9 cm³/mol. The van der Waals surface area contributed by atoms with E-state index in [1.807, 2.05) is 6.07 Å². The minimum atomic E-state index is -0.0158. The van der Waals surface area contributed by atoms with Crippen LogP contribution in [0.3, 0.4) is 0 Å². The summed E-state index contributed by atoms with van der Waals surface area (Å²) < 4.78 is 0. The first kappa shape index (κ1) is 15.7. The molecule has 1 atom stereocenters. The van der Waals surface area contributed by atoms with Gasteiger partial charge in [0.15, 0.2) is 5.82 Å². The average molecular weight is 266 g/mol.